The average molecular weight is 242 g/mol. The first kappa shape index (κ1) is 14.9. The Kier molecular flexibility index (Phi) is 7.09. The van der Waals surface area contributed by atoms with E-state index in [0.29, 0.717) is 0 Å². The van der Waals surface area contributed by atoms with E-state index >= 15 is 0 Å². The summed E-state index contributed by atoms with van der Waals surface area (Å²) in [4.78, 5) is 2.55. The maximum Gasteiger partial charge on any atom is 0.0753 e. The first-order valence-electron chi connectivity index (χ1n) is 7.21. The highest BCUT2D eigenvalue weighted by Crippen LogP contribution is 2.16. The second-order valence-corrected chi connectivity index (χ2v) is 5.65. The third-order valence-electron chi connectivity index (χ3n) is 3.33. The predicted molar refractivity (Wildman–Crippen MR) is 73.5 cm³/mol. The van der Waals surface area contributed by atoms with E-state index in [1.807, 2.05) is 0 Å². The Morgan fingerprint density at radius 2 is 1.94 bits per heavy atom. The summed E-state index contributed by atoms with van der Waals surface area (Å²) in [6.45, 7) is 13.2. The van der Waals surface area contributed by atoms with Crippen molar-refractivity contribution in [3.8, 4) is 0 Å². The molecule has 1 fully saturated rings. The highest BCUT2D eigenvalue weighted by molar-refractivity contribution is 4.78. The molecule has 1 aliphatic rings. The lowest BCUT2D eigenvalue weighted by atomic mass is 10.1. The monoisotopic (exact) mass is 242 g/mol. The molecule has 0 unspecified atom stereocenters. The van der Waals surface area contributed by atoms with Crippen molar-refractivity contribution in [1.82, 2.24) is 10.2 Å². The van der Waals surface area contributed by atoms with Gasteiger partial charge in [-0.15, -0.1) is 0 Å². The topological polar surface area (TPSA) is 24.5 Å². The van der Waals surface area contributed by atoms with Crippen molar-refractivity contribution in [3.05, 3.63) is 0 Å². The molecule has 0 aromatic carbocycles. The van der Waals surface area contributed by atoms with Gasteiger partial charge >= 0.3 is 0 Å². The van der Waals surface area contributed by atoms with Crippen molar-refractivity contribution in [2.45, 2.75) is 52.1 Å². The molecule has 3 nitrogen and oxygen atoms in total. The first-order chi connectivity index (χ1) is 8.14. The van der Waals surface area contributed by atoms with E-state index in [-0.39, 0.29) is 5.60 Å². The molecule has 0 bridgehead atoms. The van der Waals surface area contributed by atoms with Crippen LogP contribution in [0.25, 0.3) is 0 Å². The summed E-state index contributed by atoms with van der Waals surface area (Å²) in [7, 11) is 0. The summed E-state index contributed by atoms with van der Waals surface area (Å²) in [5.41, 5.74) is 0.0588. The van der Waals surface area contributed by atoms with E-state index in [2.05, 4.69) is 31.0 Å². The van der Waals surface area contributed by atoms with Crippen LogP contribution >= 0.6 is 0 Å². The third-order valence-corrected chi connectivity index (χ3v) is 3.33. The fourth-order valence-electron chi connectivity index (χ4n) is 2.42. The van der Waals surface area contributed by atoms with E-state index in [1.165, 1.54) is 38.8 Å². The van der Waals surface area contributed by atoms with Crippen molar-refractivity contribution in [1.29, 1.82) is 0 Å². The van der Waals surface area contributed by atoms with Gasteiger partial charge in [0.15, 0.2) is 0 Å². The van der Waals surface area contributed by atoms with Crippen LogP contribution in [0.4, 0.5) is 0 Å². The van der Waals surface area contributed by atoms with Gasteiger partial charge in [0, 0.05) is 13.1 Å². The Morgan fingerprint density at radius 3 is 2.65 bits per heavy atom. The van der Waals surface area contributed by atoms with Crippen molar-refractivity contribution in [2.75, 3.05) is 39.3 Å². The zero-order valence-corrected chi connectivity index (χ0v) is 11.9. The van der Waals surface area contributed by atoms with Gasteiger partial charge in [-0.1, -0.05) is 19.8 Å². The summed E-state index contributed by atoms with van der Waals surface area (Å²) in [6, 6.07) is 0. The van der Waals surface area contributed by atoms with E-state index < -0.39 is 0 Å². The third kappa shape index (κ3) is 7.02. The molecule has 0 aromatic heterocycles. The minimum absolute atomic E-state index is 0.0588. The molecule has 1 rings (SSSR count). The Balaban J connectivity index is 1.95. The summed E-state index contributed by atoms with van der Waals surface area (Å²) in [5.74, 6) is 0. The van der Waals surface area contributed by atoms with E-state index in [9.17, 15) is 0 Å². The molecule has 1 saturated heterocycles. The SMILES string of the molecule is CCNCCCCCCN1CCOC(C)(C)C1. The van der Waals surface area contributed by atoms with Gasteiger partial charge < -0.3 is 10.1 Å². The normalized spacial score (nSPS) is 20.6. The molecule has 0 saturated carbocycles. The van der Waals surface area contributed by atoms with Gasteiger partial charge in [0.05, 0.1) is 12.2 Å². The number of ether oxygens (including phenoxy) is 1. The molecule has 3 heteroatoms. The van der Waals surface area contributed by atoms with Crippen LogP contribution in [0, 0.1) is 0 Å². The molecule has 0 spiro atoms. The molecule has 1 N–H and O–H groups in total. The van der Waals surface area contributed by atoms with Gasteiger partial charge in [-0.2, -0.15) is 0 Å². The van der Waals surface area contributed by atoms with E-state index in [1.54, 1.807) is 0 Å². The minimum Gasteiger partial charge on any atom is -0.373 e. The van der Waals surface area contributed by atoms with Crippen LogP contribution in [0.3, 0.4) is 0 Å². The number of unbranched alkanes of at least 4 members (excludes halogenated alkanes) is 3. The molecule has 0 aliphatic carbocycles. The van der Waals surface area contributed by atoms with Crippen LogP contribution in [0.1, 0.15) is 46.5 Å². The van der Waals surface area contributed by atoms with Crippen LogP contribution < -0.4 is 5.32 Å². The molecule has 102 valence electrons. The van der Waals surface area contributed by atoms with Crippen molar-refractivity contribution >= 4 is 0 Å². The van der Waals surface area contributed by atoms with Crippen LogP contribution in [0.5, 0.6) is 0 Å². The zero-order chi connectivity index (χ0) is 12.6. The number of nitrogens with zero attached hydrogens (tertiary/aromatic N) is 1. The fraction of sp³-hybridized carbons (Fsp3) is 1.00. The zero-order valence-electron chi connectivity index (χ0n) is 11.9. The lowest BCUT2D eigenvalue weighted by Crippen LogP contribution is -2.48. The quantitative estimate of drug-likeness (QED) is 0.661. The van der Waals surface area contributed by atoms with Gasteiger partial charge in [-0.25, -0.2) is 0 Å². The molecule has 0 atom stereocenters. The van der Waals surface area contributed by atoms with Crippen LogP contribution in [-0.2, 0) is 4.74 Å². The fourth-order valence-corrected chi connectivity index (χ4v) is 2.42. The summed E-state index contributed by atoms with van der Waals surface area (Å²) in [5, 5.41) is 3.37. The first-order valence-corrected chi connectivity index (χ1v) is 7.21. The standard InChI is InChI=1S/C14H30N2O/c1-4-15-9-7-5-6-8-10-16-11-12-17-14(2,3)13-16/h15H,4-13H2,1-3H3. The van der Waals surface area contributed by atoms with Gasteiger partial charge in [0.25, 0.3) is 0 Å². The Labute approximate surface area is 107 Å². The van der Waals surface area contributed by atoms with Gasteiger partial charge in [-0.3, -0.25) is 4.90 Å². The Morgan fingerprint density at radius 1 is 1.18 bits per heavy atom. The van der Waals surface area contributed by atoms with Gasteiger partial charge in [-0.05, 0) is 46.3 Å². The largest absolute Gasteiger partial charge is 0.373 e. The average Bonchev–Trinajstić information content (AvgIpc) is 2.27. The molecular formula is C14H30N2O. The lowest BCUT2D eigenvalue weighted by Gasteiger charge is -2.38. The smallest absolute Gasteiger partial charge is 0.0753 e. The predicted octanol–water partition coefficient (Wildman–Crippen LogP) is 2.27. The highest BCUT2D eigenvalue weighted by atomic mass is 16.5. The second kappa shape index (κ2) is 8.06. The van der Waals surface area contributed by atoms with Gasteiger partial charge in [0.1, 0.15) is 0 Å². The number of nitrogens with one attached hydrogen (secondary N) is 1. The Hall–Kier alpha value is -0.120. The maximum absolute atomic E-state index is 5.72. The van der Waals surface area contributed by atoms with Crippen molar-refractivity contribution in [3.63, 3.8) is 0 Å². The van der Waals surface area contributed by atoms with E-state index in [4.69, 9.17) is 4.74 Å². The number of hydrogen-bond acceptors (Lipinski definition) is 3. The lowest BCUT2D eigenvalue weighted by molar-refractivity contribution is -0.0861. The van der Waals surface area contributed by atoms with Crippen molar-refractivity contribution in [2.24, 2.45) is 0 Å². The van der Waals surface area contributed by atoms with Crippen LogP contribution in [0.15, 0.2) is 0 Å². The summed E-state index contributed by atoms with van der Waals surface area (Å²) in [6.07, 6.45) is 5.38. The highest BCUT2D eigenvalue weighted by Gasteiger charge is 2.26. The second-order valence-electron chi connectivity index (χ2n) is 5.65. The molecule has 0 amide bonds. The van der Waals surface area contributed by atoms with Crippen molar-refractivity contribution < 1.29 is 4.74 Å². The number of morpholine rings is 1. The summed E-state index contributed by atoms with van der Waals surface area (Å²) >= 11 is 0. The minimum atomic E-state index is 0.0588. The molecular weight excluding hydrogens is 212 g/mol. The maximum atomic E-state index is 5.72. The van der Waals surface area contributed by atoms with E-state index in [0.717, 1.165) is 26.2 Å². The molecule has 0 aromatic rings. The van der Waals surface area contributed by atoms with Gasteiger partial charge in [0.2, 0.25) is 0 Å². The van der Waals surface area contributed by atoms with Crippen LogP contribution in [-0.4, -0.2) is 49.8 Å². The number of hydrogen-bond donors (Lipinski definition) is 1. The molecule has 1 aliphatic heterocycles. The molecule has 0 radical (unpaired) electrons. The molecule has 1 heterocycles. The van der Waals surface area contributed by atoms with Crippen LogP contribution in [0.2, 0.25) is 0 Å². The summed E-state index contributed by atoms with van der Waals surface area (Å²) < 4.78 is 5.72. The molecule has 17 heavy (non-hydrogen) atoms. The Bertz CT molecular complexity index is 195. The number of rotatable bonds is 8.